The summed E-state index contributed by atoms with van der Waals surface area (Å²) in [7, 11) is 4.81. The van der Waals surface area contributed by atoms with Gasteiger partial charge in [-0.25, -0.2) is 0 Å². The summed E-state index contributed by atoms with van der Waals surface area (Å²) in [5.41, 5.74) is 1.29. The highest BCUT2D eigenvalue weighted by atomic mass is 36.0. The Hall–Kier alpha value is 0.0400. The summed E-state index contributed by atoms with van der Waals surface area (Å²) in [6.45, 7) is 2.12. The van der Waals surface area contributed by atoms with Crippen LogP contribution in [0.5, 0.6) is 0 Å². The summed E-state index contributed by atoms with van der Waals surface area (Å²) >= 11 is 5.72. The minimum Gasteiger partial charge on any atom is -0.195 e. The molecule has 0 aliphatic rings. The van der Waals surface area contributed by atoms with Crippen molar-refractivity contribution in [1.82, 2.24) is 0 Å². The van der Waals surface area contributed by atoms with Crippen molar-refractivity contribution in [2.45, 2.75) is 13.3 Å². The van der Waals surface area contributed by atoms with E-state index in [0.29, 0.717) is 0 Å². The number of halogens is 3. The Bertz CT molecular complexity index is 368. The Morgan fingerprint density at radius 3 is 2.07 bits per heavy atom. The molecule has 0 aromatic heterocycles. The molecule has 0 fully saturated rings. The van der Waals surface area contributed by atoms with Gasteiger partial charge in [-0.1, -0.05) is 30.7 Å². The van der Waals surface area contributed by atoms with E-state index >= 15 is 0 Å². The van der Waals surface area contributed by atoms with Crippen LogP contribution in [0.1, 0.15) is 12.5 Å². The number of hydrogen-bond acceptors (Lipinski definition) is 2. The maximum absolute atomic E-state index is 9.16. The summed E-state index contributed by atoms with van der Waals surface area (Å²) in [5.74, 6) is 0. The van der Waals surface area contributed by atoms with Gasteiger partial charge in [-0.05, 0) is 24.1 Å². The Labute approximate surface area is 97.7 Å². The van der Waals surface area contributed by atoms with Crippen LogP contribution in [0.2, 0.25) is 5.02 Å². The molecule has 1 aromatic rings. The van der Waals surface area contributed by atoms with Crippen molar-refractivity contribution in [3.8, 4) is 0 Å². The van der Waals surface area contributed by atoms with Gasteiger partial charge in [0.05, 0.1) is 0 Å². The predicted octanol–water partition coefficient (Wildman–Crippen LogP) is 3.61. The first-order chi connectivity index (χ1) is 6.33. The van der Waals surface area contributed by atoms with E-state index in [-0.39, 0.29) is 0 Å². The van der Waals surface area contributed by atoms with Crippen LogP contribution in [-0.2, 0) is 14.7 Å². The number of hydrogen-bond donors (Lipinski definition) is 0. The first-order valence-corrected chi connectivity index (χ1v) is 7.23. The fraction of sp³-hybridized carbons (Fsp3) is 0.250. The van der Waals surface area contributed by atoms with E-state index < -0.39 is 8.26 Å². The van der Waals surface area contributed by atoms with Gasteiger partial charge in [0.2, 0.25) is 0 Å². The average molecular weight is 276 g/mol. The molecule has 6 heteroatoms. The second-order valence-electron chi connectivity index (χ2n) is 2.36. The van der Waals surface area contributed by atoms with Crippen LogP contribution in [0.25, 0.3) is 0 Å². The minimum atomic E-state index is -3.72. The zero-order chi connectivity index (χ0) is 11.2. The molecule has 0 aliphatic carbocycles. The molecular weight excluding hydrogens is 267 g/mol. The minimum absolute atomic E-state index is 0.828. The molecular formula is C8H9Cl3O2S. The molecule has 0 spiro atoms. The molecule has 0 atom stereocenters. The van der Waals surface area contributed by atoms with E-state index in [1.165, 1.54) is 5.56 Å². The monoisotopic (exact) mass is 274 g/mol. The van der Waals surface area contributed by atoms with E-state index in [1.807, 2.05) is 18.2 Å². The molecule has 0 heterocycles. The third-order valence-corrected chi connectivity index (χ3v) is 1.53. The second-order valence-corrected chi connectivity index (χ2v) is 6.47. The fourth-order valence-corrected chi connectivity index (χ4v) is 0.970. The highest BCUT2D eigenvalue weighted by molar-refractivity contribution is 8.31. The van der Waals surface area contributed by atoms with Gasteiger partial charge in [0.1, 0.15) is 0 Å². The van der Waals surface area contributed by atoms with Crippen molar-refractivity contribution in [3.63, 3.8) is 0 Å². The van der Waals surface area contributed by atoms with Gasteiger partial charge < -0.3 is 0 Å². The SMILES string of the molecule is CCc1cccc(Cl)c1.O=S(=O)(Cl)Cl. The van der Waals surface area contributed by atoms with Crippen LogP contribution in [0.3, 0.4) is 0 Å². The maximum atomic E-state index is 9.16. The standard InChI is InChI=1S/C8H9Cl.Cl2O2S/c1-2-7-4-3-5-8(9)6-7;1-5(2,3)4/h3-6H,2H2,1H3;. The third kappa shape index (κ3) is 10.1. The van der Waals surface area contributed by atoms with E-state index in [0.717, 1.165) is 11.4 Å². The lowest BCUT2D eigenvalue weighted by Crippen LogP contribution is -1.76. The lowest BCUT2D eigenvalue weighted by molar-refractivity contribution is 0.621. The van der Waals surface area contributed by atoms with Crippen molar-refractivity contribution in [2.24, 2.45) is 0 Å². The van der Waals surface area contributed by atoms with Gasteiger partial charge in [-0.15, -0.1) is 0 Å². The molecule has 0 saturated carbocycles. The Morgan fingerprint density at radius 2 is 1.79 bits per heavy atom. The number of aryl methyl sites for hydroxylation is 1. The van der Waals surface area contributed by atoms with E-state index in [4.69, 9.17) is 20.0 Å². The molecule has 0 radical (unpaired) electrons. The van der Waals surface area contributed by atoms with Gasteiger partial charge in [0.25, 0.3) is 0 Å². The van der Waals surface area contributed by atoms with Crippen molar-refractivity contribution in [1.29, 1.82) is 0 Å². The van der Waals surface area contributed by atoms with Gasteiger partial charge in [0.15, 0.2) is 0 Å². The zero-order valence-corrected chi connectivity index (χ0v) is 10.5. The fourth-order valence-electron chi connectivity index (χ4n) is 0.757. The zero-order valence-electron chi connectivity index (χ0n) is 7.38. The Kier molecular flexibility index (Phi) is 6.53. The van der Waals surface area contributed by atoms with Crippen molar-refractivity contribution in [3.05, 3.63) is 34.9 Å². The molecule has 2 nitrogen and oxygen atoms in total. The van der Waals surface area contributed by atoms with Crippen LogP contribution in [0.4, 0.5) is 0 Å². The molecule has 0 saturated heterocycles. The Morgan fingerprint density at radius 1 is 1.29 bits per heavy atom. The summed E-state index contributed by atoms with van der Waals surface area (Å²) in [6.07, 6.45) is 1.06. The number of rotatable bonds is 1. The molecule has 0 unspecified atom stereocenters. The molecule has 0 bridgehead atoms. The number of benzene rings is 1. The summed E-state index contributed by atoms with van der Waals surface area (Å²) in [5, 5.41) is 0.828. The quantitative estimate of drug-likeness (QED) is 0.734. The predicted molar refractivity (Wildman–Crippen MR) is 61.5 cm³/mol. The lowest BCUT2D eigenvalue weighted by atomic mass is 10.2. The van der Waals surface area contributed by atoms with Crippen LogP contribution >= 0.6 is 33.0 Å². The molecule has 0 amide bonds. The molecule has 0 N–H and O–H groups in total. The van der Waals surface area contributed by atoms with Crippen molar-refractivity contribution >= 4 is 41.2 Å². The van der Waals surface area contributed by atoms with Crippen LogP contribution in [0.15, 0.2) is 24.3 Å². The molecule has 1 rings (SSSR count). The first kappa shape index (κ1) is 14.0. The second kappa shape index (κ2) is 6.51. The molecule has 14 heavy (non-hydrogen) atoms. The first-order valence-electron chi connectivity index (χ1n) is 3.71. The topological polar surface area (TPSA) is 34.1 Å². The third-order valence-electron chi connectivity index (χ3n) is 1.30. The largest absolute Gasteiger partial charge is 0.317 e. The summed E-state index contributed by atoms with van der Waals surface area (Å²) in [4.78, 5) is 0. The van der Waals surface area contributed by atoms with Gasteiger partial charge in [-0.3, -0.25) is 0 Å². The summed E-state index contributed by atoms with van der Waals surface area (Å²) < 4.78 is 18.3. The van der Waals surface area contributed by atoms with Gasteiger partial charge in [-0.2, -0.15) is 8.42 Å². The molecule has 80 valence electrons. The van der Waals surface area contributed by atoms with Crippen LogP contribution < -0.4 is 0 Å². The molecule has 1 aromatic carbocycles. The maximum Gasteiger partial charge on any atom is 0.317 e. The smallest absolute Gasteiger partial charge is 0.195 e. The highest BCUT2D eigenvalue weighted by Gasteiger charge is 1.89. The van der Waals surface area contributed by atoms with E-state index in [1.54, 1.807) is 0 Å². The van der Waals surface area contributed by atoms with Gasteiger partial charge in [0, 0.05) is 26.4 Å². The van der Waals surface area contributed by atoms with Gasteiger partial charge >= 0.3 is 8.26 Å². The lowest BCUT2D eigenvalue weighted by Gasteiger charge is -1.93. The Balaban J connectivity index is 0.000000292. The van der Waals surface area contributed by atoms with Crippen molar-refractivity contribution < 1.29 is 8.42 Å². The van der Waals surface area contributed by atoms with Crippen LogP contribution in [0, 0.1) is 0 Å². The normalized spacial score (nSPS) is 10.3. The highest BCUT2D eigenvalue weighted by Crippen LogP contribution is 2.10. The van der Waals surface area contributed by atoms with Crippen LogP contribution in [-0.4, -0.2) is 8.42 Å². The van der Waals surface area contributed by atoms with E-state index in [2.05, 4.69) is 34.4 Å². The van der Waals surface area contributed by atoms with E-state index in [9.17, 15) is 0 Å². The van der Waals surface area contributed by atoms with Crippen molar-refractivity contribution in [2.75, 3.05) is 0 Å². The summed E-state index contributed by atoms with van der Waals surface area (Å²) in [6, 6.07) is 7.93. The average Bonchev–Trinajstić information content (AvgIpc) is 2.01. The molecule has 0 aliphatic heterocycles.